The molecule has 1 aromatic heterocycles. The second-order valence-corrected chi connectivity index (χ2v) is 8.31. The number of nitrogens with zero attached hydrogens (tertiary/aromatic N) is 2. The molecule has 172 valence electrons. The molecule has 1 heterocycles. The zero-order valence-corrected chi connectivity index (χ0v) is 20.2. The van der Waals surface area contributed by atoms with Gasteiger partial charge >= 0.3 is 8.25 Å². The van der Waals surface area contributed by atoms with Crippen LogP contribution in [0.15, 0.2) is 48.8 Å². The summed E-state index contributed by atoms with van der Waals surface area (Å²) in [6.07, 6.45) is 5.13. The summed E-state index contributed by atoms with van der Waals surface area (Å²) in [5.74, 6) is 1.36. The van der Waals surface area contributed by atoms with Crippen molar-refractivity contribution in [2.45, 2.75) is 32.6 Å². The van der Waals surface area contributed by atoms with Crippen LogP contribution in [0.25, 0.3) is 0 Å². The summed E-state index contributed by atoms with van der Waals surface area (Å²) < 4.78 is 17.4. The van der Waals surface area contributed by atoms with Crippen molar-refractivity contribution >= 4 is 43.1 Å². The van der Waals surface area contributed by atoms with Crippen molar-refractivity contribution in [3.05, 3.63) is 80.8 Å². The smallest absolute Gasteiger partial charge is 0.521 e. The zero-order chi connectivity index (χ0) is 23.5. The molecule has 0 amide bonds. The summed E-state index contributed by atoms with van der Waals surface area (Å²) >= 11 is 18.3. The van der Waals surface area contributed by atoms with Crippen LogP contribution in [-0.2, 0) is 28.5 Å². The highest BCUT2D eigenvalue weighted by Crippen LogP contribution is 2.28. The van der Waals surface area contributed by atoms with Crippen molar-refractivity contribution in [1.29, 1.82) is 0 Å². The van der Waals surface area contributed by atoms with Gasteiger partial charge in [-0.1, -0.05) is 53.9 Å². The lowest BCUT2D eigenvalue weighted by Crippen LogP contribution is -1.99. The fourth-order valence-corrected chi connectivity index (χ4v) is 3.61. The highest BCUT2D eigenvalue weighted by molar-refractivity contribution is 7.30. The van der Waals surface area contributed by atoms with Gasteiger partial charge in [-0.2, -0.15) is 0 Å². The Morgan fingerprint density at radius 3 is 2.16 bits per heavy atom. The quantitative estimate of drug-likeness (QED) is 0.200. The van der Waals surface area contributed by atoms with E-state index in [-0.39, 0.29) is 1.43 Å². The maximum atomic E-state index is 8.93. The van der Waals surface area contributed by atoms with Gasteiger partial charge in [0.15, 0.2) is 0 Å². The summed E-state index contributed by atoms with van der Waals surface area (Å²) in [6, 6.07) is 13.1. The van der Waals surface area contributed by atoms with E-state index in [2.05, 4.69) is 26.8 Å². The van der Waals surface area contributed by atoms with Gasteiger partial charge in [0.05, 0.1) is 16.4 Å². The molecular formula is C21H22Cl3N2O5P. The third kappa shape index (κ3) is 8.96. The van der Waals surface area contributed by atoms with E-state index in [0.29, 0.717) is 20.8 Å². The molecule has 0 spiro atoms. The van der Waals surface area contributed by atoms with Crippen molar-refractivity contribution in [2.24, 2.45) is 0 Å². The van der Waals surface area contributed by atoms with Gasteiger partial charge in [-0.05, 0) is 66.1 Å². The molecule has 0 aliphatic rings. The van der Waals surface area contributed by atoms with Gasteiger partial charge < -0.3 is 9.63 Å². The third-order valence-electron chi connectivity index (χ3n) is 4.21. The number of halogens is 3. The predicted molar refractivity (Wildman–Crippen MR) is 125 cm³/mol. The molecule has 0 saturated heterocycles. The molecule has 0 aliphatic carbocycles. The Morgan fingerprint density at radius 2 is 1.59 bits per heavy atom. The number of hydrogen-bond donors (Lipinski definition) is 1. The van der Waals surface area contributed by atoms with E-state index < -0.39 is 8.25 Å². The molecule has 0 fully saturated rings. The first-order valence-electron chi connectivity index (χ1n) is 9.49. The molecule has 0 radical (unpaired) electrons. The first-order chi connectivity index (χ1) is 15.3. The van der Waals surface area contributed by atoms with Gasteiger partial charge in [-0.25, -0.2) is 15.2 Å². The summed E-state index contributed by atoms with van der Waals surface area (Å²) in [7, 11) is -3.04. The minimum absolute atomic E-state index is 0. The highest BCUT2D eigenvalue weighted by atomic mass is 35.5. The SMILES string of the molecule is CCc1ncnc(CCCc2ccc(Oc3cc(Cl)cc(Cl)c3)cc2)c1Cl.O=[P+]([O-])OO.[HH]. The third-order valence-corrected chi connectivity index (χ3v) is 5.22. The van der Waals surface area contributed by atoms with Gasteiger partial charge in [-0.3, -0.25) is 0 Å². The van der Waals surface area contributed by atoms with E-state index in [9.17, 15) is 0 Å². The molecule has 32 heavy (non-hydrogen) atoms. The molecule has 1 atom stereocenters. The van der Waals surface area contributed by atoms with Crippen LogP contribution in [0, 0.1) is 0 Å². The van der Waals surface area contributed by atoms with Crippen LogP contribution in [0.5, 0.6) is 11.5 Å². The number of ether oxygens (including phenoxy) is 1. The summed E-state index contributed by atoms with van der Waals surface area (Å²) in [5.41, 5.74) is 3.05. The Hall–Kier alpha value is -1.83. The lowest BCUT2D eigenvalue weighted by atomic mass is 10.1. The molecule has 11 heteroatoms. The van der Waals surface area contributed by atoms with Gasteiger partial charge in [0, 0.05) is 16.1 Å². The van der Waals surface area contributed by atoms with E-state index >= 15 is 0 Å². The largest absolute Gasteiger partial charge is 0.565 e. The monoisotopic (exact) mass is 518 g/mol. The molecule has 3 aromatic rings. The standard InChI is InChI=1S/C21H19Cl3N2O.HO4P.H2/c1-2-19-21(24)20(26-13-25-19)5-3-4-14-6-8-17(9-7-14)27-18-11-15(22)10-16(23)12-18;1-4-5(2)3;/h6-13H,2-5H2,1H3;1H;1H. The molecule has 0 bridgehead atoms. The average Bonchev–Trinajstić information content (AvgIpc) is 2.76. The molecule has 1 unspecified atom stereocenters. The van der Waals surface area contributed by atoms with Gasteiger partial charge in [0.2, 0.25) is 0 Å². The van der Waals surface area contributed by atoms with Crippen LogP contribution in [-0.4, -0.2) is 15.2 Å². The fourth-order valence-electron chi connectivity index (χ4n) is 2.78. The maximum Gasteiger partial charge on any atom is 0.521 e. The average molecular weight is 520 g/mol. The van der Waals surface area contributed by atoms with Gasteiger partial charge in [0.25, 0.3) is 0 Å². The number of rotatable bonds is 8. The lowest BCUT2D eigenvalue weighted by Gasteiger charge is -2.09. The second-order valence-electron chi connectivity index (χ2n) is 6.44. The highest BCUT2D eigenvalue weighted by Gasteiger charge is 2.08. The Kier molecular flexibility index (Phi) is 11.3. The van der Waals surface area contributed by atoms with E-state index in [1.54, 1.807) is 24.5 Å². The lowest BCUT2D eigenvalue weighted by molar-refractivity contribution is -0.244. The van der Waals surface area contributed by atoms with E-state index in [4.69, 9.17) is 54.3 Å². The van der Waals surface area contributed by atoms with E-state index in [1.807, 2.05) is 19.1 Å². The van der Waals surface area contributed by atoms with Crippen molar-refractivity contribution in [1.82, 2.24) is 9.97 Å². The molecule has 2 aromatic carbocycles. The van der Waals surface area contributed by atoms with Crippen LogP contribution < -0.4 is 9.63 Å². The van der Waals surface area contributed by atoms with Gasteiger partial charge in [0.1, 0.15) is 17.8 Å². The van der Waals surface area contributed by atoms with Crippen LogP contribution in [0.2, 0.25) is 15.1 Å². The topological polar surface area (TPSA) is 105 Å². The maximum absolute atomic E-state index is 8.93. The van der Waals surface area contributed by atoms with Crippen molar-refractivity contribution < 1.29 is 25.6 Å². The van der Waals surface area contributed by atoms with Crippen molar-refractivity contribution in [3.8, 4) is 11.5 Å². The second kappa shape index (κ2) is 13.7. The summed E-state index contributed by atoms with van der Waals surface area (Å²) in [4.78, 5) is 17.4. The zero-order valence-electron chi connectivity index (χ0n) is 17.0. The van der Waals surface area contributed by atoms with E-state index in [0.717, 1.165) is 42.8 Å². The van der Waals surface area contributed by atoms with Crippen molar-refractivity contribution in [2.75, 3.05) is 0 Å². The Balaban J connectivity index is 0.000000821. The number of hydrogen-bond acceptors (Lipinski definition) is 7. The summed E-state index contributed by atoms with van der Waals surface area (Å²) in [5, 5.41) is 8.84. The number of benzene rings is 2. The van der Waals surface area contributed by atoms with Crippen LogP contribution >= 0.6 is 43.1 Å². The van der Waals surface area contributed by atoms with Crippen molar-refractivity contribution in [3.63, 3.8) is 0 Å². The predicted octanol–water partition coefficient (Wildman–Crippen LogP) is 6.71. The minimum atomic E-state index is -3.04. The molecule has 1 N–H and O–H groups in total. The van der Waals surface area contributed by atoms with E-state index in [1.165, 1.54) is 5.56 Å². The Labute approximate surface area is 203 Å². The molecule has 7 nitrogen and oxygen atoms in total. The van der Waals surface area contributed by atoms with Crippen LogP contribution in [0.4, 0.5) is 0 Å². The molecular weight excluding hydrogens is 498 g/mol. The number of aryl methyl sites for hydroxylation is 3. The molecule has 0 aliphatic heterocycles. The van der Waals surface area contributed by atoms with Crippen LogP contribution in [0.3, 0.4) is 0 Å². The molecule has 3 rings (SSSR count). The van der Waals surface area contributed by atoms with Gasteiger partial charge in [-0.15, -0.1) is 0 Å². The Bertz CT molecular complexity index is 1020. The first kappa shape index (κ1) is 26.4. The first-order valence-corrected chi connectivity index (χ1v) is 11.7. The normalized spacial score (nSPS) is 10.9. The minimum Gasteiger partial charge on any atom is -0.565 e. The van der Waals surface area contributed by atoms with Crippen LogP contribution in [0.1, 0.15) is 31.7 Å². The Morgan fingerprint density at radius 1 is 1.00 bits per heavy atom. The fraction of sp³-hybridized carbons (Fsp3) is 0.238. The summed E-state index contributed by atoms with van der Waals surface area (Å²) in [6.45, 7) is 2.04. The number of aromatic nitrogens is 2. The molecule has 0 saturated carbocycles.